The van der Waals surface area contributed by atoms with Crippen LogP contribution in [0.2, 0.25) is 5.02 Å². The average molecular weight is 501 g/mol. The number of halogens is 1. The molecular formula is C27H37ClN4O3. The number of anilines is 1. The van der Waals surface area contributed by atoms with Crippen molar-refractivity contribution in [2.45, 2.75) is 47.0 Å². The number of primary amides is 1. The first-order valence-electron chi connectivity index (χ1n) is 11.8. The van der Waals surface area contributed by atoms with Crippen molar-refractivity contribution >= 4 is 40.7 Å². The summed E-state index contributed by atoms with van der Waals surface area (Å²) >= 11 is 6.16. The molecule has 0 saturated heterocycles. The number of hydrogen-bond donors (Lipinski definition) is 3. The van der Waals surface area contributed by atoms with Gasteiger partial charge in [0.1, 0.15) is 0 Å². The molecule has 0 saturated carbocycles. The molecule has 0 spiro atoms. The van der Waals surface area contributed by atoms with Crippen molar-refractivity contribution in [3.63, 3.8) is 0 Å². The molecule has 0 fully saturated rings. The van der Waals surface area contributed by atoms with Gasteiger partial charge in [0.2, 0.25) is 17.7 Å². The molecule has 0 radical (unpaired) electrons. The Bertz CT molecular complexity index is 1010. The molecule has 0 aromatic heterocycles. The van der Waals surface area contributed by atoms with Crippen molar-refractivity contribution in [2.24, 2.45) is 17.6 Å². The van der Waals surface area contributed by atoms with Gasteiger partial charge in [-0.2, -0.15) is 0 Å². The van der Waals surface area contributed by atoms with Crippen LogP contribution in [0.3, 0.4) is 0 Å². The van der Waals surface area contributed by atoms with Crippen molar-refractivity contribution in [1.82, 2.24) is 5.32 Å². The van der Waals surface area contributed by atoms with E-state index in [1.807, 2.05) is 44.2 Å². The predicted molar refractivity (Wildman–Crippen MR) is 143 cm³/mol. The Morgan fingerprint density at radius 3 is 2.23 bits per heavy atom. The maximum atomic E-state index is 12.8. The smallest absolute Gasteiger partial charge is 0.246 e. The third-order valence-corrected chi connectivity index (χ3v) is 5.25. The summed E-state index contributed by atoms with van der Waals surface area (Å²) in [7, 11) is 1.58. The summed E-state index contributed by atoms with van der Waals surface area (Å²) in [5.74, 6) is -1.69. The van der Waals surface area contributed by atoms with Crippen LogP contribution in [0.4, 0.5) is 5.69 Å². The Morgan fingerprint density at radius 1 is 1.09 bits per heavy atom. The SMILES string of the molecule is CC(C)CC(CC(N)=O)C(=O)NCC(=O)N(C)c1ccc(Cl)cc1C(=N)c1ccccc1.CCC. The molecule has 0 bridgehead atoms. The van der Waals surface area contributed by atoms with E-state index in [9.17, 15) is 14.4 Å². The van der Waals surface area contributed by atoms with Crippen molar-refractivity contribution in [1.29, 1.82) is 5.41 Å². The first-order valence-corrected chi connectivity index (χ1v) is 12.2. The predicted octanol–water partition coefficient (Wildman–Crippen LogP) is 4.79. The maximum Gasteiger partial charge on any atom is 0.246 e. The molecule has 190 valence electrons. The van der Waals surface area contributed by atoms with E-state index in [0.29, 0.717) is 28.3 Å². The van der Waals surface area contributed by atoms with Gasteiger partial charge in [0, 0.05) is 35.5 Å². The second-order valence-electron chi connectivity index (χ2n) is 8.78. The van der Waals surface area contributed by atoms with E-state index in [2.05, 4.69) is 19.2 Å². The van der Waals surface area contributed by atoms with Crippen LogP contribution in [0.5, 0.6) is 0 Å². The van der Waals surface area contributed by atoms with E-state index in [4.69, 9.17) is 22.7 Å². The second-order valence-corrected chi connectivity index (χ2v) is 9.21. The molecule has 1 atom stereocenters. The molecule has 0 aliphatic carbocycles. The van der Waals surface area contributed by atoms with E-state index in [1.165, 1.54) is 11.3 Å². The van der Waals surface area contributed by atoms with Crippen LogP contribution < -0.4 is 16.0 Å². The lowest BCUT2D eigenvalue weighted by molar-refractivity contribution is -0.131. The molecule has 35 heavy (non-hydrogen) atoms. The van der Waals surface area contributed by atoms with Gasteiger partial charge in [-0.1, -0.05) is 76.0 Å². The minimum absolute atomic E-state index is 0.0659. The first kappa shape index (κ1) is 29.8. The Labute approximate surface area is 213 Å². The van der Waals surface area contributed by atoms with Crippen molar-refractivity contribution in [3.8, 4) is 0 Å². The summed E-state index contributed by atoms with van der Waals surface area (Å²) in [6, 6.07) is 14.1. The largest absolute Gasteiger partial charge is 0.370 e. The standard InChI is InChI=1S/C24H29ClN4O3.C3H8/c1-15(2)11-17(12-21(26)30)24(32)28-14-22(31)29(3)20-10-9-18(25)13-19(20)23(27)16-7-5-4-6-8-16;1-3-2/h4-10,13,15,17,27H,11-12,14H2,1-3H3,(H2,26,30)(H,28,32);3H2,1-2H3. The zero-order valence-electron chi connectivity index (χ0n) is 21.2. The van der Waals surface area contributed by atoms with Crippen LogP contribution in [-0.2, 0) is 14.4 Å². The third kappa shape index (κ3) is 9.91. The van der Waals surface area contributed by atoms with Gasteiger partial charge in [-0.3, -0.25) is 19.8 Å². The second kappa shape index (κ2) is 14.9. The summed E-state index contributed by atoms with van der Waals surface area (Å²) in [5.41, 5.74) is 7.18. The Balaban J connectivity index is 0.00000194. The fourth-order valence-corrected chi connectivity index (χ4v) is 3.59. The third-order valence-electron chi connectivity index (χ3n) is 5.01. The van der Waals surface area contributed by atoms with Crippen LogP contribution in [0.15, 0.2) is 48.5 Å². The van der Waals surface area contributed by atoms with Gasteiger partial charge < -0.3 is 16.0 Å². The molecule has 8 heteroatoms. The van der Waals surface area contributed by atoms with Gasteiger partial charge in [-0.05, 0) is 30.5 Å². The van der Waals surface area contributed by atoms with Gasteiger partial charge in [0.25, 0.3) is 0 Å². The monoisotopic (exact) mass is 500 g/mol. The molecule has 3 amide bonds. The average Bonchev–Trinajstić information content (AvgIpc) is 2.81. The number of nitrogens with one attached hydrogen (secondary N) is 2. The lowest BCUT2D eigenvalue weighted by Crippen LogP contribution is -2.42. The Hall–Kier alpha value is -3.19. The number of benzene rings is 2. The van der Waals surface area contributed by atoms with E-state index in [-0.39, 0.29) is 36.4 Å². The summed E-state index contributed by atoms with van der Waals surface area (Å²) < 4.78 is 0. The van der Waals surface area contributed by atoms with E-state index >= 15 is 0 Å². The van der Waals surface area contributed by atoms with Crippen LogP contribution in [-0.4, -0.2) is 37.0 Å². The topological polar surface area (TPSA) is 116 Å². The molecule has 0 heterocycles. The van der Waals surface area contributed by atoms with Gasteiger partial charge in [0.15, 0.2) is 0 Å². The number of carbonyl (C=O) groups excluding carboxylic acids is 3. The summed E-state index contributed by atoms with van der Waals surface area (Å²) in [6.45, 7) is 7.90. The van der Waals surface area contributed by atoms with Gasteiger partial charge in [-0.15, -0.1) is 0 Å². The van der Waals surface area contributed by atoms with Crippen LogP contribution in [0.1, 0.15) is 58.1 Å². The first-order chi connectivity index (χ1) is 16.5. The van der Waals surface area contributed by atoms with Crippen molar-refractivity contribution < 1.29 is 14.4 Å². The fraction of sp³-hybridized carbons (Fsp3) is 0.407. The summed E-state index contributed by atoms with van der Waals surface area (Å²) in [6.07, 6.45) is 1.68. The van der Waals surface area contributed by atoms with E-state index in [0.717, 1.165) is 0 Å². The Kier molecular flexibility index (Phi) is 12.7. The Morgan fingerprint density at radius 2 is 1.69 bits per heavy atom. The quantitative estimate of drug-likeness (QED) is 0.407. The maximum absolute atomic E-state index is 12.8. The molecule has 1 unspecified atom stereocenters. The number of likely N-dealkylation sites (N-methyl/N-ethyl adjacent to an activating group) is 1. The van der Waals surface area contributed by atoms with Crippen molar-refractivity contribution in [3.05, 3.63) is 64.7 Å². The fourth-order valence-electron chi connectivity index (χ4n) is 3.42. The summed E-state index contributed by atoms with van der Waals surface area (Å²) in [4.78, 5) is 38.1. The van der Waals surface area contributed by atoms with Crippen molar-refractivity contribution in [2.75, 3.05) is 18.5 Å². The highest BCUT2D eigenvalue weighted by molar-refractivity contribution is 6.31. The minimum atomic E-state index is -0.581. The molecule has 0 aliphatic heterocycles. The normalized spacial score (nSPS) is 11.2. The highest BCUT2D eigenvalue weighted by Crippen LogP contribution is 2.26. The van der Waals surface area contributed by atoms with Crippen LogP contribution in [0.25, 0.3) is 0 Å². The van der Waals surface area contributed by atoms with Gasteiger partial charge >= 0.3 is 0 Å². The molecule has 2 rings (SSSR count). The number of carbonyl (C=O) groups is 3. The highest BCUT2D eigenvalue weighted by atomic mass is 35.5. The molecule has 2 aromatic carbocycles. The summed E-state index contributed by atoms with van der Waals surface area (Å²) in [5, 5.41) is 11.7. The minimum Gasteiger partial charge on any atom is -0.370 e. The van der Waals surface area contributed by atoms with E-state index < -0.39 is 11.8 Å². The molecule has 4 N–H and O–H groups in total. The zero-order chi connectivity index (χ0) is 26.5. The molecule has 7 nitrogen and oxygen atoms in total. The number of hydrogen-bond acceptors (Lipinski definition) is 4. The molecule has 2 aromatic rings. The van der Waals surface area contributed by atoms with Gasteiger partial charge in [-0.25, -0.2) is 0 Å². The number of rotatable bonds is 10. The molecule has 0 aliphatic rings. The number of amides is 3. The highest BCUT2D eigenvalue weighted by Gasteiger charge is 2.24. The zero-order valence-corrected chi connectivity index (χ0v) is 22.0. The van der Waals surface area contributed by atoms with Gasteiger partial charge in [0.05, 0.1) is 17.9 Å². The van der Waals surface area contributed by atoms with Crippen LogP contribution >= 0.6 is 11.6 Å². The number of nitrogens with zero attached hydrogens (tertiary/aromatic N) is 1. The van der Waals surface area contributed by atoms with Crippen LogP contribution in [0, 0.1) is 17.2 Å². The number of nitrogens with two attached hydrogens (primary N) is 1. The van der Waals surface area contributed by atoms with E-state index in [1.54, 1.807) is 25.2 Å². The lowest BCUT2D eigenvalue weighted by Gasteiger charge is -2.23. The molecular weight excluding hydrogens is 464 g/mol. The lowest BCUT2D eigenvalue weighted by atomic mass is 9.93.